The number of hydrogen-bond donors (Lipinski definition) is 2. The first kappa shape index (κ1) is 15.0. The zero-order valence-electron chi connectivity index (χ0n) is 10.4. The highest BCUT2D eigenvalue weighted by Crippen LogP contribution is 2.10. The third-order valence-corrected chi connectivity index (χ3v) is 1.96. The van der Waals surface area contributed by atoms with Gasteiger partial charge in [-0.3, -0.25) is 9.97 Å². The van der Waals surface area contributed by atoms with E-state index in [4.69, 9.17) is 10.2 Å². The number of hydrogen-bond acceptors (Lipinski definition) is 4. The number of carboxylic acid groups (broad SMARTS) is 2. The van der Waals surface area contributed by atoms with Crippen molar-refractivity contribution in [3.63, 3.8) is 0 Å². The summed E-state index contributed by atoms with van der Waals surface area (Å²) in [7, 11) is 0. The number of aliphatic carboxylic acids is 2. The number of aromatic nitrogens is 2. The number of nitrogens with zero attached hydrogens (tertiary/aromatic N) is 2. The van der Waals surface area contributed by atoms with Gasteiger partial charge in [0.15, 0.2) is 0 Å². The molecule has 0 atom stereocenters. The molecule has 0 aliphatic heterocycles. The molecule has 0 aliphatic carbocycles. The van der Waals surface area contributed by atoms with Gasteiger partial charge in [-0.1, -0.05) is 12.1 Å². The van der Waals surface area contributed by atoms with E-state index in [1.165, 1.54) is 0 Å². The molecular formula is C14H12N2O4. The van der Waals surface area contributed by atoms with Crippen LogP contribution in [0.1, 0.15) is 0 Å². The Morgan fingerprint density at radius 3 is 1.45 bits per heavy atom. The molecule has 2 rings (SSSR count). The van der Waals surface area contributed by atoms with Gasteiger partial charge in [-0.05, 0) is 24.3 Å². The summed E-state index contributed by atoms with van der Waals surface area (Å²) in [4.78, 5) is 27.5. The van der Waals surface area contributed by atoms with Crippen molar-refractivity contribution in [2.75, 3.05) is 0 Å². The lowest BCUT2D eigenvalue weighted by molar-refractivity contribution is -0.134. The van der Waals surface area contributed by atoms with Gasteiger partial charge in [0.1, 0.15) is 0 Å². The molecule has 6 nitrogen and oxygen atoms in total. The molecule has 0 spiro atoms. The summed E-state index contributed by atoms with van der Waals surface area (Å²) in [6.45, 7) is 0. The lowest BCUT2D eigenvalue weighted by Crippen LogP contribution is -1.91. The van der Waals surface area contributed by atoms with Gasteiger partial charge >= 0.3 is 11.9 Å². The first-order chi connectivity index (χ1) is 9.59. The zero-order chi connectivity index (χ0) is 14.8. The molecule has 0 aromatic carbocycles. The Balaban J connectivity index is 0.000000221. The monoisotopic (exact) mass is 272 g/mol. The molecule has 0 bridgehead atoms. The Morgan fingerprint density at radius 1 is 0.800 bits per heavy atom. The molecule has 0 amide bonds. The maximum Gasteiger partial charge on any atom is 0.328 e. The first-order valence-electron chi connectivity index (χ1n) is 5.56. The van der Waals surface area contributed by atoms with Crippen molar-refractivity contribution < 1.29 is 19.8 Å². The van der Waals surface area contributed by atoms with E-state index in [2.05, 4.69) is 9.97 Å². The first-order valence-corrected chi connectivity index (χ1v) is 5.56. The standard InChI is InChI=1S/C10H8N2.C4H4O4/c1-3-7-11-9(5-1)10-6-2-4-8-12-10;5-3(6)1-2-4(7)8/h1-8H;1-2H,(H,5,6)(H,7,8)/b;2-1+. The average Bonchev–Trinajstić information content (AvgIpc) is 2.48. The summed E-state index contributed by atoms with van der Waals surface area (Å²) in [5, 5.41) is 15.6. The molecule has 20 heavy (non-hydrogen) atoms. The van der Waals surface area contributed by atoms with Crippen LogP contribution in [0.15, 0.2) is 60.9 Å². The third kappa shape index (κ3) is 6.06. The zero-order valence-corrected chi connectivity index (χ0v) is 10.4. The van der Waals surface area contributed by atoms with Crippen molar-refractivity contribution in [2.24, 2.45) is 0 Å². The van der Waals surface area contributed by atoms with Gasteiger partial charge in [0.25, 0.3) is 0 Å². The van der Waals surface area contributed by atoms with Crippen molar-refractivity contribution in [3.8, 4) is 11.4 Å². The van der Waals surface area contributed by atoms with Gasteiger partial charge in [-0.25, -0.2) is 9.59 Å². The van der Waals surface area contributed by atoms with Crippen LogP contribution in [-0.2, 0) is 9.59 Å². The Kier molecular flexibility index (Phi) is 6.13. The van der Waals surface area contributed by atoms with Crippen LogP contribution in [0.2, 0.25) is 0 Å². The van der Waals surface area contributed by atoms with Gasteiger partial charge in [-0.2, -0.15) is 0 Å². The summed E-state index contributed by atoms with van der Waals surface area (Å²) in [6.07, 6.45) is 4.65. The van der Waals surface area contributed by atoms with Crippen LogP contribution in [0.25, 0.3) is 11.4 Å². The highest BCUT2D eigenvalue weighted by Gasteiger charge is 1.95. The molecular weight excluding hydrogens is 260 g/mol. The molecule has 2 heterocycles. The lowest BCUT2D eigenvalue weighted by Gasteiger charge is -1.96. The van der Waals surface area contributed by atoms with Crippen molar-refractivity contribution >= 4 is 11.9 Å². The fourth-order valence-electron chi connectivity index (χ4n) is 1.17. The van der Waals surface area contributed by atoms with Crippen LogP contribution < -0.4 is 0 Å². The summed E-state index contributed by atoms with van der Waals surface area (Å²) in [5.41, 5.74) is 1.83. The highest BCUT2D eigenvalue weighted by atomic mass is 16.4. The summed E-state index contributed by atoms with van der Waals surface area (Å²) >= 11 is 0. The minimum absolute atomic E-state index is 0.558. The second-order valence-electron chi connectivity index (χ2n) is 3.44. The summed E-state index contributed by atoms with van der Waals surface area (Å²) in [6, 6.07) is 11.6. The SMILES string of the molecule is O=C(O)/C=C/C(=O)O.c1ccc(-c2ccccn2)nc1. The predicted molar refractivity (Wildman–Crippen MR) is 71.9 cm³/mol. The Bertz CT molecular complexity index is 529. The molecule has 0 radical (unpaired) electrons. The third-order valence-electron chi connectivity index (χ3n) is 1.96. The lowest BCUT2D eigenvalue weighted by atomic mass is 10.2. The fraction of sp³-hybridized carbons (Fsp3) is 0. The molecule has 2 aromatic heterocycles. The Hall–Kier alpha value is -3.02. The molecule has 2 N–H and O–H groups in total. The minimum atomic E-state index is -1.26. The van der Waals surface area contributed by atoms with Crippen LogP contribution in [0.4, 0.5) is 0 Å². The fourth-order valence-corrected chi connectivity index (χ4v) is 1.17. The number of rotatable bonds is 3. The van der Waals surface area contributed by atoms with E-state index >= 15 is 0 Å². The van der Waals surface area contributed by atoms with E-state index in [0.717, 1.165) is 11.4 Å². The van der Waals surface area contributed by atoms with Crippen LogP contribution in [0.5, 0.6) is 0 Å². The smallest absolute Gasteiger partial charge is 0.328 e. The molecule has 6 heteroatoms. The van der Waals surface area contributed by atoms with Crippen LogP contribution in [0, 0.1) is 0 Å². The van der Waals surface area contributed by atoms with Crippen molar-refractivity contribution in [1.82, 2.24) is 9.97 Å². The molecule has 0 saturated carbocycles. The van der Waals surface area contributed by atoms with Crippen LogP contribution in [-0.4, -0.2) is 32.1 Å². The largest absolute Gasteiger partial charge is 0.478 e. The van der Waals surface area contributed by atoms with E-state index in [0.29, 0.717) is 12.2 Å². The van der Waals surface area contributed by atoms with Gasteiger partial charge < -0.3 is 10.2 Å². The molecule has 0 fully saturated rings. The Labute approximate surface area is 115 Å². The summed E-state index contributed by atoms with van der Waals surface area (Å²) < 4.78 is 0. The molecule has 0 aliphatic rings. The van der Waals surface area contributed by atoms with Gasteiger partial charge in [0.2, 0.25) is 0 Å². The van der Waals surface area contributed by atoms with Crippen LogP contribution >= 0.6 is 0 Å². The van der Waals surface area contributed by atoms with Crippen LogP contribution in [0.3, 0.4) is 0 Å². The van der Waals surface area contributed by atoms with Crippen molar-refractivity contribution in [2.45, 2.75) is 0 Å². The van der Waals surface area contributed by atoms with E-state index < -0.39 is 11.9 Å². The topological polar surface area (TPSA) is 100 Å². The van der Waals surface area contributed by atoms with Crippen molar-refractivity contribution in [1.29, 1.82) is 0 Å². The van der Waals surface area contributed by atoms with E-state index in [-0.39, 0.29) is 0 Å². The number of pyridine rings is 2. The van der Waals surface area contributed by atoms with Gasteiger partial charge in [0, 0.05) is 24.5 Å². The molecule has 102 valence electrons. The quantitative estimate of drug-likeness (QED) is 0.827. The second kappa shape index (κ2) is 8.15. The molecule has 0 unspecified atom stereocenters. The minimum Gasteiger partial charge on any atom is -0.478 e. The average molecular weight is 272 g/mol. The molecule has 0 saturated heterocycles. The number of carboxylic acids is 2. The van der Waals surface area contributed by atoms with Crippen molar-refractivity contribution in [3.05, 3.63) is 60.9 Å². The van der Waals surface area contributed by atoms with E-state index in [9.17, 15) is 9.59 Å². The van der Waals surface area contributed by atoms with Gasteiger partial charge in [-0.15, -0.1) is 0 Å². The normalized spacial score (nSPS) is 9.60. The molecule has 2 aromatic rings. The second-order valence-corrected chi connectivity index (χ2v) is 3.44. The van der Waals surface area contributed by atoms with Gasteiger partial charge in [0.05, 0.1) is 11.4 Å². The maximum atomic E-state index is 9.55. The highest BCUT2D eigenvalue weighted by molar-refractivity contribution is 5.89. The van der Waals surface area contributed by atoms with E-state index in [1.54, 1.807) is 12.4 Å². The maximum absolute atomic E-state index is 9.55. The van der Waals surface area contributed by atoms with E-state index in [1.807, 2.05) is 36.4 Å². The number of carbonyl (C=O) groups is 2. The Morgan fingerprint density at radius 2 is 1.20 bits per heavy atom. The predicted octanol–water partition coefficient (Wildman–Crippen LogP) is 1.86. The summed E-state index contributed by atoms with van der Waals surface area (Å²) in [5.74, 6) is -2.51.